The lowest BCUT2D eigenvalue weighted by Gasteiger charge is -2.32. The minimum Gasteiger partial charge on any atom is -0.369 e. The molecule has 0 aromatic carbocycles. The van der Waals surface area contributed by atoms with Crippen LogP contribution in [0.3, 0.4) is 0 Å². The molecule has 0 spiro atoms. The van der Waals surface area contributed by atoms with Crippen molar-refractivity contribution in [2.75, 3.05) is 6.61 Å². The number of hydrogen-bond donors (Lipinski definition) is 0. The lowest BCUT2D eigenvalue weighted by molar-refractivity contribution is 0.130. The van der Waals surface area contributed by atoms with Crippen molar-refractivity contribution in [1.29, 1.82) is 0 Å². The molecule has 1 nitrogen and oxygen atoms in total. The molecule has 1 heteroatoms. The fourth-order valence-electron chi connectivity index (χ4n) is 3.56. The summed E-state index contributed by atoms with van der Waals surface area (Å²) in [4.78, 5) is 0. The molecule has 3 atom stereocenters. The van der Waals surface area contributed by atoms with Crippen LogP contribution in [0, 0.1) is 17.3 Å². The first-order valence-corrected chi connectivity index (χ1v) is 6.79. The quantitative estimate of drug-likeness (QED) is 0.643. The predicted octanol–water partition coefficient (Wildman–Crippen LogP) is 3.77. The molecule has 0 amide bonds. The molecule has 3 fully saturated rings. The van der Waals surface area contributed by atoms with Crippen LogP contribution in [0.25, 0.3) is 0 Å². The number of rotatable bonds is 3. The second-order valence-electron chi connectivity index (χ2n) is 6.57. The minimum atomic E-state index is 0.337. The molecule has 0 aromatic rings. The Bertz CT molecular complexity index is 250. The molecule has 2 saturated carbocycles. The zero-order valence-corrected chi connectivity index (χ0v) is 10.2. The Balaban J connectivity index is 1.64. The van der Waals surface area contributed by atoms with Gasteiger partial charge in [0.05, 0.1) is 12.2 Å². The Morgan fingerprint density at radius 2 is 1.87 bits per heavy atom. The van der Waals surface area contributed by atoms with Crippen molar-refractivity contribution < 1.29 is 4.74 Å². The maximum Gasteiger partial charge on any atom is 0.0972 e. The molecule has 15 heavy (non-hydrogen) atoms. The molecule has 3 rings (SSSR count). The van der Waals surface area contributed by atoms with Crippen LogP contribution in [0.2, 0.25) is 0 Å². The van der Waals surface area contributed by atoms with Crippen LogP contribution in [0.5, 0.6) is 0 Å². The summed E-state index contributed by atoms with van der Waals surface area (Å²) in [6, 6.07) is 0. The average Bonchev–Trinajstić information content (AvgIpc) is 3.08. The molecule has 3 unspecified atom stereocenters. The van der Waals surface area contributed by atoms with Gasteiger partial charge in [0.1, 0.15) is 0 Å². The Morgan fingerprint density at radius 3 is 2.40 bits per heavy atom. The van der Waals surface area contributed by atoms with Gasteiger partial charge >= 0.3 is 0 Å². The molecular weight excluding hydrogens is 184 g/mol. The van der Waals surface area contributed by atoms with Gasteiger partial charge in [-0.2, -0.15) is 0 Å². The van der Waals surface area contributed by atoms with Gasteiger partial charge in [-0.3, -0.25) is 0 Å². The zero-order chi connectivity index (χ0) is 10.5. The fourth-order valence-corrected chi connectivity index (χ4v) is 3.56. The van der Waals surface area contributed by atoms with Crippen molar-refractivity contribution in [1.82, 2.24) is 0 Å². The van der Waals surface area contributed by atoms with Crippen molar-refractivity contribution in [3.63, 3.8) is 0 Å². The molecule has 0 aromatic heterocycles. The fraction of sp³-hybridized carbons (Fsp3) is 1.00. The molecule has 1 aliphatic heterocycles. The van der Waals surface area contributed by atoms with E-state index in [0.29, 0.717) is 11.0 Å². The van der Waals surface area contributed by atoms with Gasteiger partial charge in [-0.05, 0) is 36.5 Å². The highest BCUT2D eigenvalue weighted by Gasteiger charge is 2.64. The van der Waals surface area contributed by atoms with Crippen LogP contribution in [0.15, 0.2) is 0 Å². The summed E-state index contributed by atoms with van der Waals surface area (Å²) in [6.07, 6.45) is 10.0. The predicted molar refractivity (Wildman–Crippen MR) is 61.8 cm³/mol. The van der Waals surface area contributed by atoms with E-state index in [1.165, 1.54) is 44.9 Å². The van der Waals surface area contributed by atoms with E-state index in [1.54, 1.807) is 0 Å². The van der Waals surface area contributed by atoms with Crippen LogP contribution >= 0.6 is 0 Å². The lowest BCUT2D eigenvalue weighted by atomic mass is 9.73. The molecule has 0 radical (unpaired) electrons. The van der Waals surface area contributed by atoms with Crippen molar-refractivity contribution in [2.24, 2.45) is 17.3 Å². The van der Waals surface area contributed by atoms with Crippen LogP contribution in [-0.2, 0) is 4.74 Å². The van der Waals surface area contributed by atoms with Crippen LogP contribution in [0.1, 0.15) is 58.8 Å². The van der Waals surface area contributed by atoms with E-state index < -0.39 is 0 Å². The van der Waals surface area contributed by atoms with Gasteiger partial charge < -0.3 is 4.74 Å². The summed E-state index contributed by atoms with van der Waals surface area (Å²) in [6.45, 7) is 5.95. The molecular formula is C14H24O. The first kappa shape index (κ1) is 10.1. The highest BCUT2D eigenvalue weighted by Crippen LogP contribution is 2.63. The molecule has 86 valence electrons. The van der Waals surface area contributed by atoms with Gasteiger partial charge in [0, 0.05) is 0 Å². The van der Waals surface area contributed by atoms with Gasteiger partial charge in [-0.1, -0.05) is 39.5 Å². The third kappa shape index (κ3) is 1.63. The minimum absolute atomic E-state index is 0.337. The summed E-state index contributed by atoms with van der Waals surface area (Å²) in [5, 5.41) is 0. The Labute approximate surface area is 93.6 Å². The van der Waals surface area contributed by atoms with Gasteiger partial charge in [-0.25, -0.2) is 0 Å². The molecule has 1 heterocycles. The van der Waals surface area contributed by atoms with Gasteiger partial charge in [0.25, 0.3) is 0 Å². The summed E-state index contributed by atoms with van der Waals surface area (Å²) >= 11 is 0. The van der Waals surface area contributed by atoms with E-state index >= 15 is 0 Å². The highest BCUT2D eigenvalue weighted by molar-refractivity contribution is 5.13. The van der Waals surface area contributed by atoms with Crippen molar-refractivity contribution >= 4 is 0 Å². The molecule has 2 aliphatic carbocycles. The van der Waals surface area contributed by atoms with Gasteiger partial charge in [0.15, 0.2) is 0 Å². The summed E-state index contributed by atoms with van der Waals surface area (Å²) in [5.41, 5.74) is 0.910. The second-order valence-corrected chi connectivity index (χ2v) is 6.57. The Kier molecular flexibility index (Phi) is 2.18. The van der Waals surface area contributed by atoms with Crippen LogP contribution in [0.4, 0.5) is 0 Å². The zero-order valence-electron chi connectivity index (χ0n) is 10.2. The number of ether oxygens (including phenoxy) is 1. The first-order chi connectivity index (χ1) is 7.15. The standard InChI is InChI=1S/C14H24O/c1-11-5-3-4-6-12(11)9-14(10-15-14)13(2)7-8-13/h11-12H,3-10H2,1-2H3. The summed E-state index contributed by atoms with van der Waals surface area (Å²) < 4.78 is 5.87. The van der Waals surface area contributed by atoms with E-state index in [0.717, 1.165) is 18.4 Å². The molecule has 0 bridgehead atoms. The lowest BCUT2D eigenvalue weighted by Crippen LogP contribution is -2.30. The van der Waals surface area contributed by atoms with Crippen molar-refractivity contribution in [2.45, 2.75) is 64.4 Å². The normalized spacial score (nSPS) is 47.6. The topological polar surface area (TPSA) is 12.5 Å². The SMILES string of the molecule is CC1CCCCC1CC1(C2(C)CC2)CO1. The maximum atomic E-state index is 5.87. The summed E-state index contributed by atoms with van der Waals surface area (Å²) in [7, 11) is 0. The third-order valence-electron chi connectivity index (χ3n) is 5.47. The Hall–Kier alpha value is -0.0400. The first-order valence-electron chi connectivity index (χ1n) is 6.79. The monoisotopic (exact) mass is 208 g/mol. The molecule has 1 saturated heterocycles. The van der Waals surface area contributed by atoms with Gasteiger partial charge in [-0.15, -0.1) is 0 Å². The highest BCUT2D eigenvalue weighted by atomic mass is 16.6. The molecule has 0 N–H and O–H groups in total. The van der Waals surface area contributed by atoms with E-state index in [-0.39, 0.29) is 0 Å². The van der Waals surface area contributed by atoms with Crippen LogP contribution < -0.4 is 0 Å². The number of epoxide rings is 1. The van der Waals surface area contributed by atoms with Crippen molar-refractivity contribution in [3.8, 4) is 0 Å². The maximum absolute atomic E-state index is 5.87. The summed E-state index contributed by atoms with van der Waals surface area (Å²) in [5.74, 6) is 1.90. The van der Waals surface area contributed by atoms with Gasteiger partial charge in [0.2, 0.25) is 0 Å². The van der Waals surface area contributed by atoms with E-state index in [2.05, 4.69) is 13.8 Å². The van der Waals surface area contributed by atoms with Crippen molar-refractivity contribution in [3.05, 3.63) is 0 Å². The van der Waals surface area contributed by atoms with E-state index in [9.17, 15) is 0 Å². The molecule has 3 aliphatic rings. The van der Waals surface area contributed by atoms with Crippen LogP contribution in [-0.4, -0.2) is 12.2 Å². The second kappa shape index (κ2) is 3.23. The number of hydrogen-bond acceptors (Lipinski definition) is 1. The average molecular weight is 208 g/mol. The van der Waals surface area contributed by atoms with E-state index in [1.807, 2.05) is 0 Å². The smallest absolute Gasteiger partial charge is 0.0972 e. The third-order valence-corrected chi connectivity index (χ3v) is 5.47. The van der Waals surface area contributed by atoms with E-state index in [4.69, 9.17) is 4.74 Å². The Morgan fingerprint density at radius 1 is 1.20 bits per heavy atom. The largest absolute Gasteiger partial charge is 0.369 e.